The SMILES string of the molecule is Cc1ccc(C2=NN3[C@@H](C2)c2ccccc2O[C@@]32C(=O)Nc3ccccc32)cc1. The molecule has 0 saturated heterocycles. The molecule has 0 saturated carbocycles. The summed E-state index contributed by atoms with van der Waals surface area (Å²) in [5.41, 5.74) is 4.59. The van der Waals surface area contributed by atoms with Gasteiger partial charge in [-0.15, -0.1) is 0 Å². The lowest BCUT2D eigenvalue weighted by molar-refractivity contribution is -0.161. The van der Waals surface area contributed by atoms with Crippen molar-refractivity contribution >= 4 is 17.3 Å². The molecule has 0 radical (unpaired) electrons. The van der Waals surface area contributed by atoms with Gasteiger partial charge in [-0.2, -0.15) is 5.10 Å². The van der Waals surface area contributed by atoms with E-state index in [2.05, 4.69) is 42.6 Å². The van der Waals surface area contributed by atoms with E-state index in [-0.39, 0.29) is 11.9 Å². The van der Waals surface area contributed by atoms with E-state index in [0.717, 1.165) is 40.3 Å². The number of nitrogens with one attached hydrogen (secondary N) is 1. The number of hydrogen-bond acceptors (Lipinski definition) is 4. The highest BCUT2D eigenvalue weighted by Crippen LogP contribution is 2.53. The normalized spacial score (nSPS) is 23.8. The molecule has 1 spiro atoms. The van der Waals surface area contributed by atoms with Gasteiger partial charge in [-0.1, -0.05) is 66.2 Å². The van der Waals surface area contributed by atoms with Gasteiger partial charge in [-0.3, -0.25) is 4.79 Å². The number of nitrogens with zero attached hydrogens (tertiary/aromatic N) is 2. The summed E-state index contributed by atoms with van der Waals surface area (Å²) in [7, 11) is 0. The van der Waals surface area contributed by atoms with Crippen molar-refractivity contribution in [1.82, 2.24) is 5.01 Å². The standard InChI is InChI=1S/C24H19N3O2/c1-15-10-12-16(13-11-15)20-14-21-17-6-2-5-9-22(17)29-24(27(21)26-20)18-7-3-4-8-19(18)25-23(24)28/h2-13,21H,14H2,1H3,(H,25,28)/t21-,24-/m0/s1. The van der Waals surface area contributed by atoms with Gasteiger partial charge in [0, 0.05) is 12.0 Å². The Bertz CT molecular complexity index is 1180. The van der Waals surface area contributed by atoms with Crippen LogP contribution in [-0.2, 0) is 10.5 Å². The molecule has 1 N–H and O–H groups in total. The summed E-state index contributed by atoms with van der Waals surface area (Å²) in [5.74, 6) is 0.535. The van der Waals surface area contributed by atoms with Gasteiger partial charge in [-0.05, 0) is 24.6 Å². The topological polar surface area (TPSA) is 53.9 Å². The largest absolute Gasteiger partial charge is 0.453 e. The second-order valence-electron chi connectivity index (χ2n) is 7.76. The summed E-state index contributed by atoms with van der Waals surface area (Å²) in [5, 5.41) is 9.81. The number of rotatable bonds is 1. The number of aryl methyl sites for hydroxylation is 1. The van der Waals surface area contributed by atoms with Crippen LogP contribution in [0.4, 0.5) is 5.69 Å². The Labute approximate surface area is 168 Å². The van der Waals surface area contributed by atoms with Gasteiger partial charge in [0.15, 0.2) is 0 Å². The molecule has 3 heterocycles. The fourth-order valence-corrected chi connectivity index (χ4v) is 4.56. The summed E-state index contributed by atoms with van der Waals surface area (Å²) >= 11 is 0. The molecule has 5 nitrogen and oxygen atoms in total. The quantitative estimate of drug-likeness (QED) is 0.682. The minimum absolute atomic E-state index is 0.0619. The van der Waals surface area contributed by atoms with Gasteiger partial charge in [0.2, 0.25) is 0 Å². The van der Waals surface area contributed by atoms with Crippen molar-refractivity contribution in [3.8, 4) is 5.75 Å². The van der Waals surface area contributed by atoms with Crippen molar-refractivity contribution in [2.75, 3.05) is 5.32 Å². The molecule has 0 fully saturated rings. The second kappa shape index (κ2) is 5.70. The molecule has 0 aliphatic carbocycles. The fourth-order valence-electron chi connectivity index (χ4n) is 4.56. The van der Waals surface area contributed by atoms with Crippen LogP contribution in [0, 0.1) is 6.92 Å². The van der Waals surface area contributed by atoms with Crippen LogP contribution in [0.3, 0.4) is 0 Å². The third-order valence-corrected chi connectivity index (χ3v) is 6.00. The number of hydrazone groups is 1. The molecule has 3 aliphatic rings. The van der Waals surface area contributed by atoms with Crippen LogP contribution in [0.2, 0.25) is 0 Å². The average Bonchev–Trinajstić information content (AvgIpc) is 3.30. The first-order valence-corrected chi connectivity index (χ1v) is 9.79. The van der Waals surface area contributed by atoms with Gasteiger partial charge in [0.1, 0.15) is 5.75 Å². The van der Waals surface area contributed by atoms with E-state index in [1.165, 1.54) is 5.56 Å². The molecular weight excluding hydrogens is 362 g/mol. The maximum atomic E-state index is 13.3. The van der Waals surface area contributed by atoms with E-state index in [0.29, 0.717) is 0 Å². The summed E-state index contributed by atoms with van der Waals surface area (Å²) in [6.07, 6.45) is 0.723. The highest BCUT2D eigenvalue weighted by Gasteiger charge is 2.60. The van der Waals surface area contributed by atoms with E-state index in [1.54, 1.807) is 0 Å². The van der Waals surface area contributed by atoms with Crippen molar-refractivity contribution in [2.45, 2.75) is 25.1 Å². The molecule has 142 valence electrons. The van der Waals surface area contributed by atoms with Gasteiger partial charge >= 0.3 is 5.72 Å². The minimum atomic E-state index is -1.29. The summed E-state index contributed by atoms with van der Waals surface area (Å²) in [4.78, 5) is 13.3. The van der Waals surface area contributed by atoms with Crippen molar-refractivity contribution in [3.63, 3.8) is 0 Å². The number of anilines is 1. The first-order valence-electron chi connectivity index (χ1n) is 9.79. The number of hydrogen-bond donors (Lipinski definition) is 1. The first kappa shape index (κ1) is 16.4. The lowest BCUT2D eigenvalue weighted by Gasteiger charge is -2.43. The van der Waals surface area contributed by atoms with E-state index in [1.807, 2.05) is 47.5 Å². The van der Waals surface area contributed by atoms with Crippen LogP contribution in [0.1, 0.15) is 34.7 Å². The van der Waals surface area contributed by atoms with E-state index >= 15 is 0 Å². The second-order valence-corrected chi connectivity index (χ2v) is 7.76. The summed E-state index contributed by atoms with van der Waals surface area (Å²) in [6.45, 7) is 2.07. The van der Waals surface area contributed by atoms with Crippen molar-refractivity contribution in [2.24, 2.45) is 5.10 Å². The average molecular weight is 381 g/mol. The Kier molecular flexibility index (Phi) is 3.22. The third-order valence-electron chi connectivity index (χ3n) is 6.00. The van der Waals surface area contributed by atoms with Crippen molar-refractivity contribution < 1.29 is 9.53 Å². The number of carbonyl (C=O) groups is 1. The Morgan fingerprint density at radius 3 is 2.66 bits per heavy atom. The molecule has 3 aromatic carbocycles. The zero-order chi connectivity index (χ0) is 19.6. The Hall–Kier alpha value is -3.60. The summed E-state index contributed by atoms with van der Waals surface area (Å²) < 4.78 is 6.44. The lowest BCUT2D eigenvalue weighted by atomic mass is 9.92. The minimum Gasteiger partial charge on any atom is -0.453 e. The number of fused-ring (bicyclic) bond motifs is 6. The Morgan fingerprint density at radius 2 is 1.79 bits per heavy atom. The predicted molar refractivity (Wildman–Crippen MR) is 111 cm³/mol. The molecule has 3 aromatic rings. The van der Waals surface area contributed by atoms with Gasteiger partial charge in [0.25, 0.3) is 5.91 Å². The van der Waals surface area contributed by atoms with Gasteiger partial charge in [-0.25, -0.2) is 5.01 Å². The first-order chi connectivity index (χ1) is 14.2. The van der Waals surface area contributed by atoms with Crippen LogP contribution >= 0.6 is 0 Å². The van der Waals surface area contributed by atoms with Crippen LogP contribution in [-0.4, -0.2) is 16.6 Å². The predicted octanol–water partition coefficient (Wildman–Crippen LogP) is 4.34. The zero-order valence-electron chi connectivity index (χ0n) is 15.9. The van der Waals surface area contributed by atoms with Crippen molar-refractivity contribution in [1.29, 1.82) is 0 Å². The molecule has 5 heteroatoms. The van der Waals surface area contributed by atoms with Crippen LogP contribution in [0.25, 0.3) is 0 Å². The molecule has 6 rings (SSSR count). The lowest BCUT2D eigenvalue weighted by Crippen LogP contribution is -2.55. The van der Waals surface area contributed by atoms with Gasteiger partial charge in [0.05, 0.1) is 23.0 Å². The zero-order valence-corrected chi connectivity index (χ0v) is 15.9. The molecule has 3 aliphatic heterocycles. The van der Waals surface area contributed by atoms with Crippen LogP contribution in [0.5, 0.6) is 5.75 Å². The third kappa shape index (κ3) is 2.15. The highest BCUT2D eigenvalue weighted by atomic mass is 16.5. The molecule has 0 bridgehead atoms. The smallest absolute Gasteiger partial charge is 0.306 e. The van der Waals surface area contributed by atoms with Gasteiger partial charge < -0.3 is 10.1 Å². The molecule has 1 amide bonds. The molecule has 2 atom stereocenters. The molecule has 29 heavy (non-hydrogen) atoms. The number of carbonyl (C=O) groups excluding carboxylic acids is 1. The van der Waals surface area contributed by atoms with E-state index < -0.39 is 5.72 Å². The van der Waals surface area contributed by atoms with Crippen LogP contribution in [0.15, 0.2) is 77.9 Å². The van der Waals surface area contributed by atoms with Crippen molar-refractivity contribution in [3.05, 3.63) is 95.1 Å². The van der Waals surface area contributed by atoms with Crippen LogP contribution < -0.4 is 10.1 Å². The number of para-hydroxylation sites is 2. The molecular formula is C24H19N3O2. The Morgan fingerprint density at radius 1 is 1.03 bits per heavy atom. The maximum Gasteiger partial charge on any atom is 0.306 e. The highest BCUT2D eigenvalue weighted by molar-refractivity contribution is 6.07. The monoisotopic (exact) mass is 381 g/mol. The number of ether oxygens (including phenoxy) is 1. The maximum absolute atomic E-state index is 13.3. The van der Waals surface area contributed by atoms with E-state index in [9.17, 15) is 4.79 Å². The molecule has 0 unspecified atom stereocenters. The summed E-state index contributed by atoms with van der Waals surface area (Å²) in [6, 6.07) is 23.9. The molecule has 0 aromatic heterocycles. The fraction of sp³-hybridized carbons (Fsp3) is 0.167. The van der Waals surface area contributed by atoms with E-state index in [4.69, 9.17) is 9.84 Å². The Balaban J connectivity index is 1.56. The number of amides is 1. The number of benzene rings is 3.